The van der Waals surface area contributed by atoms with Crippen molar-refractivity contribution in [1.82, 2.24) is 29.2 Å². The SMILES string of the molecule is CC(C)c1nc(S(=O)(=O)NCCNc2cc(Nc3ccccn3)ncn2)cn1C. The van der Waals surface area contributed by atoms with Crippen molar-refractivity contribution in [2.24, 2.45) is 7.05 Å². The van der Waals surface area contributed by atoms with E-state index in [1.54, 1.807) is 23.9 Å². The number of hydrogen-bond donors (Lipinski definition) is 3. The molecule has 0 fully saturated rings. The van der Waals surface area contributed by atoms with E-state index in [0.717, 1.165) is 5.82 Å². The van der Waals surface area contributed by atoms with Gasteiger partial charge in [0.05, 0.1) is 0 Å². The molecule has 0 aliphatic carbocycles. The monoisotopic (exact) mass is 416 g/mol. The van der Waals surface area contributed by atoms with E-state index < -0.39 is 10.0 Å². The molecule has 0 bridgehead atoms. The highest BCUT2D eigenvalue weighted by atomic mass is 32.2. The second-order valence-electron chi connectivity index (χ2n) is 6.66. The molecule has 3 aromatic heterocycles. The topological polar surface area (TPSA) is 127 Å². The minimum absolute atomic E-state index is 0.0209. The van der Waals surface area contributed by atoms with E-state index in [1.807, 2.05) is 32.0 Å². The van der Waals surface area contributed by atoms with Crippen LogP contribution in [0.15, 0.2) is 48.0 Å². The van der Waals surface area contributed by atoms with E-state index in [-0.39, 0.29) is 17.5 Å². The van der Waals surface area contributed by atoms with Crippen LogP contribution in [-0.2, 0) is 17.1 Å². The van der Waals surface area contributed by atoms with Gasteiger partial charge in [0, 0.05) is 44.5 Å². The maximum Gasteiger partial charge on any atom is 0.259 e. The number of aromatic nitrogens is 5. The molecule has 0 aromatic carbocycles. The molecule has 0 aliphatic heterocycles. The maximum absolute atomic E-state index is 12.4. The average molecular weight is 417 g/mol. The van der Waals surface area contributed by atoms with E-state index in [1.165, 1.54) is 12.5 Å². The maximum atomic E-state index is 12.4. The summed E-state index contributed by atoms with van der Waals surface area (Å²) in [6.45, 7) is 4.47. The number of imidazole rings is 1. The van der Waals surface area contributed by atoms with Gasteiger partial charge in [0.25, 0.3) is 10.0 Å². The zero-order chi connectivity index (χ0) is 20.9. The van der Waals surface area contributed by atoms with Crippen LogP contribution in [0.25, 0.3) is 0 Å². The Balaban J connectivity index is 1.54. The first kappa shape index (κ1) is 20.7. The molecule has 3 aromatic rings. The highest BCUT2D eigenvalue weighted by molar-refractivity contribution is 7.89. The van der Waals surface area contributed by atoms with Gasteiger partial charge in [-0.15, -0.1) is 0 Å². The molecular formula is C18H24N8O2S. The number of hydrogen-bond acceptors (Lipinski definition) is 8. The molecule has 0 amide bonds. The summed E-state index contributed by atoms with van der Waals surface area (Å²) in [4.78, 5) is 16.7. The van der Waals surface area contributed by atoms with Crippen molar-refractivity contribution in [1.29, 1.82) is 0 Å². The van der Waals surface area contributed by atoms with Gasteiger partial charge in [-0.05, 0) is 12.1 Å². The van der Waals surface area contributed by atoms with Gasteiger partial charge in [-0.3, -0.25) is 0 Å². The second-order valence-corrected chi connectivity index (χ2v) is 8.37. The number of aryl methyl sites for hydroxylation is 1. The van der Waals surface area contributed by atoms with Gasteiger partial charge in [0.2, 0.25) is 0 Å². The Kier molecular flexibility index (Phi) is 6.39. The molecular weight excluding hydrogens is 392 g/mol. The molecule has 0 saturated heterocycles. The first-order chi connectivity index (χ1) is 13.8. The number of nitrogens with zero attached hydrogens (tertiary/aromatic N) is 5. The third kappa shape index (κ3) is 5.48. The number of sulfonamides is 1. The molecule has 0 aliphatic rings. The lowest BCUT2D eigenvalue weighted by Gasteiger charge is -2.09. The Labute approximate surface area is 169 Å². The minimum Gasteiger partial charge on any atom is -0.369 e. The smallest absolute Gasteiger partial charge is 0.259 e. The predicted molar refractivity (Wildman–Crippen MR) is 111 cm³/mol. The third-order valence-electron chi connectivity index (χ3n) is 3.99. The first-order valence-electron chi connectivity index (χ1n) is 9.12. The van der Waals surface area contributed by atoms with Crippen LogP contribution in [0.3, 0.4) is 0 Å². The summed E-state index contributed by atoms with van der Waals surface area (Å²) in [6, 6.07) is 7.24. The zero-order valence-corrected chi connectivity index (χ0v) is 17.3. The van der Waals surface area contributed by atoms with Crippen LogP contribution in [0, 0.1) is 0 Å². The first-order valence-corrected chi connectivity index (χ1v) is 10.6. The van der Waals surface area contributed by atoms with Crippen LogP contribution in [0.5, 0.6) is 0 Å². The van der Waals surface area contributed by atoms with Crippen molar-refractivity contribution in [3.63, 3.8) is 0 Å². The van der Waals surface area contributed by atoms with Gasteiger partial charge in [-0.25, -0.2) is 33.1 Å². The third-order valence-corrected chi connectivity index (χ3v) is 5.32. The van der Waals surface area contributed by atoms with Gasteiger partial charge in [-0.2, -0.15) is 0 Å². The molecule has 10 nitrogen and oxygen atoms in total. The fourth-order valence-corrected chi connectivity index (χ4v) is 3.69. The van der Waals surface area contributed by atoms with Crippen LogP contribution in [-0.4, -0.2) is 46.0 Å². The Bertz CT molecular complexity index is 1050. The molecule has 3 N–H and O–H groups in total. The van der Waals surface area contributed by atoms with Gasteiger partial charge in [0.1, 0.15) is 29.6 Å². The van der Waals surface area contributed by atoms with Gasteiger partial charge < -0.3 is 15.2 Å². The van der Waals surface area contributed by atoms with Gasteiger partial charge in [0.15, 0.2) is 5.03 Å². The second kappa shape index (κ2) is 8.97. The summed E-state index contributed by atoms with van der Waals surface area (Å²) in [5.74, 6) is 2.67. The van der Waals surface area contributed by atoms with Gasteiger partial charge in [-0.1, -0.05) is 19.9 Å². The molecule has 3 rings (SSSR count). The standard InChI is InChI=1S/C18H24N8O2S/c1-13(2)18-25-17(11-26(18)3)29(27,28)23-9-8-20-15-10-16(22-12-21-15)24-14-6-4-5-7-19-14/h4-7,10-13,23H,8-9H2,1-3H3,(H2,19,20,21,22,24). The average Bonchev–Trinajstić information content (AvgIpc) is 3.09. The largest absolute Gasteiger partial charge is 0.369 e. The van der Waals surface area contributed by atoms with Crippen LogP contribution in [0.1, 0.15) is 25.6 Å². The Morgan fingerprint density at radius 1 is 1.07 bits per heavy atom. The van der Waals surface area contributed by atoms with Gasteiger partial charge >= 0.3 is 0 Å². The summed E-state index contributed by atoms with van der Waals surface area (Å²) in [6.07, 6.45) is 4.62. The van der Waals surface area contributed by atoms with Crippen molar-refractivity contribution in [3.05, 3.63) is 48.8 Å². The van der Waals surface area contributed by atoms with Crippen molar-refractivity contribution >= 4 is 27.5 Å². The molecule has 0 saturated carbocycles. The van der Waals surface area contributed by atoms with E-state index in [2.05, 4.69) is 35.3 Å². The summed E-state index contributed by atoms with van der Waals surface area (Å²) >= 11 is 0. The molecule has 0 radical (unpaired) electrons. The lowest BCUT2D eigenvalue weighted by Crippen LogP contribution is -2.29. The van der Waals surface area contributed by atoms with Crippen molar-refractivity contribution < 1.29 is 8.42 Å². The number of pyridine rings is 1. The predicted octanol–water partition coefficient (Wildman–Crippen LogP) is 1.86. The zero-order valence-electron chi connectivity index (χ0n) is 16.5. The number of anilines is 3. The lowest BCUT2D eigenvalue weighted by atomic mass is 10.2. The molecule has 0 spiro atoms. The van der Waals surface area contributed by atoms with E-state index >= 15 is 0 Å². The van der Waals surface area contributed by atoms with Crippen LogP contribution < -0.4 is 15.4 Å². The molecule has 0 atom stereocenters. The Hall–Kier alpha value is -3.05. The summed E-state index contributed by atoms with van der Waals surface area (Å²) in [5.41, 5.74) is 0. The van der Waals surface area contributed by atoms with Crippen LogP contribution >= 0.6 is 0 Å². The fourth-order valence-electron chi connectivity index (χ4n) is 2.66. The minimum atomic E-state index is -3.67. The Morgan fingerprint density at radius 2 is 1.86 bits per heavy atom. The Morgan fingerprint density at radius 3 is 2.55 bits per heavy atom. The summed E-state index contributed by atoms with van der Waals surface area (Å²) in [7, 11) is -1.89. The van der Waals surface area contributed by atoms with Crippen molar-refractivity contribution in [2.75, 3.05) is 23.7 Å². The number of rotatable bonds is 9. The van der Waals surface area contributed by atoms with E-state index in [4.69, 9.17) is 0 Å². The van der Waals surface area contributed by atoms with Crippen molar-refractivity contribution in [3.8, 4) is 0 Å². The van der Waals surface area contributed by atoms with Crippen LogP contribution in [0.4, 0.5) is 17.5 Å². The normalized spacial score (nSPS) is 11.6. The molecule has 3 heterocycles. The number of nitrogens with one attached hydrogen (secondary N) is 3. The quantitative estimate of drug-likeness (QED) is 0.451. The van der Waals surface area contributed by atoms with E-state index in [0.29, 0.717) is 24.0 Å². The highest BCUT2D eigenvalue weighted by Gasteiger charge is 2.20. The van der Waals surface area contributed by atoms with E-state index in [9.17, 15) is 8.42 Å². The lowest BCUT2D eigenvalue weighted by molar-refractivity contribution is 0.579. The highest BCUT2D eigenvalue weighted by Crippen LogP contribution is 2.16. The molecule has 11 heteroatoms. The molecule has 0 unspecified atom stereocenters. The molecule has 29 heavy (non-hydrogen) atoms. The summed E-state index contributed by atoms with van der Waals surface area (Å²) in [5, 5.41) is 6.16. The fraction of sp³-hybridized carbons (Fsp3) is 0.333. The molecule has 154 valence electrons. The summed E-state index contributed by atoms with van der Waals surface area (Å²) < 4.78 is 29.1. The van der Waals surface area contributed by atoms with Crippen LogP contribution in [0.2, 0.25) is 0 Å². The van der Waals surface area contributed by atoms with Crippen molar-refractivity contribution in [2.45, 2.75) is 24.8 Å².